The minimum Gasteiger partial charge on any atom is -0.242 e. The first-order chi connectivity index (χ1) is 6.93. The third kappa shape index (κ3) is 1.06. The molecule has 2 aromatic rings. The van der Waals surface area contributed by atoms with Crippen LogP contribution in [0.5, 0.6) is 0 Å². The van der Waals surface area contributed by atoms with Crippen molar-refractivity contribution in [1.29, 1.82) is 0 Å². The average molecular weight is 183 g/mol. The van der Waals surface area contributed by atoms with Gasteiger partial charge >= 0.3 is 0 Å². The molecule has 1 aliphatic heterocycles. The summed E-state index contributed by atoms with van der Waals surface area (Å²) < 4.78 is 1.89. The Kier molecular flexibility index (Phi) is 1.50. The van der Waals surface area contributed by atoms with E-state index in [9.17, 15) is 0 Å². The third-order valence-electron chi connectivity index (χ3n) is 2.41. The van der Waals surface area contributed by atoms with Gasteiger partial charge < -0.3 is 0 Å². The molecule has 0 bridgehead atoms. The molecule has 68 valence electrons. The van der Waals surface area contributed by atoms with Crippen molar-refractivity contribution in [2.45, 2.75) is 6.54 Å². The molecule has 0 radical (unpaired) electrons. The van der Waals surface area contributed by atoms with Crippen molar-refractivity contribution in [3.05, 3.63) is 46.9 Å². The lowest BCUT2D eigenvalue weighted by Gasteiger charge is -1.94. The summed E-state index contributed by atoms with van der Waals surface area (Å²) in [5, 5.41) is 6.60. The van der Waals surface area contributed by atoms with Crippen LogP contribution < -0.4 is 10.4 Å². The summed E-state index contributed by atoms with van der Waals surface area (Å²) in [7, 11) is 0. The molecule has 0 N–H and O–H groups in total. The SMILES string of the molecule is C1=c2ccccc2=Cc2ncnn2C1. The second-order valence-corrected chi connectivity index (χ2v) is 3.28. The number of hydrogen-bond acceptors (Lipinski definition) is 2. The molecule has 1 aromatic heterocycles. The zero-order valence-electron chi connectivity index (χ0n) is 7.59. The summed E-state index contributed by atoms with van der Waals surface area (Å²) in [6.45, 7) is 0.794. The molecule has 14 heavy (non-hydrogen) atoms. The van der Waals surface area contributed by atoms with Crippen LogP contribution in [0.25, 0.3) is 12.2 Å². The van der Waals surface area contributed by atoms with Gasteiger partial charge in [0.05, 0.1) is 6.54 Å². The van der Waals surface area contributed by atoms with Crippen LogP contribution in [0, 0.1) is 0 Å². The van der Waals surface area contributed by atoms with Crippen molar-refractivity contribution >= 4 is 12.2 Å². The summed E-state index contributed by atoms with van der Waals surface area (Å²) >= 11 is 0. The van der Waals surface area contributed by atoms with Crippen LogP contribution in [-0.2, 0) is 6.54 Å². The predicted octanol–water partition coefficient (Wildman–Crippen LogP) is -0.0990. The van der Waals surface area contributed by atoms with Gasteiger partial charge in [-0.15, -0.1) is 0 Å². The number of hydrogen-bond donors (Lipinski definition) is 0. The van der Waals surface area contributed by atoms with Gasteiger partial charge in [0.2, 0.25) is 0 Å². The third-order valence-corrected chi connectivity index (χ3v) is 2.41. The van der Waals surface area contributed by atoms with Gasteiger partial charge in [-0.3, -0.25) is 0 Å². The van der Waals surface area contributed by atoms with E-state index in [1.165, 1.54) is 10.4 Å². The summed E-state index contributed by atoms with van der Waals surface area (Å²) in [6, 6.07) is 8.29. The van der Waals surface area contributed by atoms with Crippen LogP contribution in [0.2, 0.25) is 0 Å². The van der Waals surface area contributed by atoms with Crippen LogP contribution in [0.15, 0.2) is 30.6 Å². The van der Waals surface area contributed by atoms with Gasteiger partial charge in [-0.2, -0.15) is 5.10 Å². The smallest absolute Gasteiger partial charge is 0.151 e. The lowest BCUT2D eigenvalue weighted by molar-refractivity contribution is 0.713. The number of fused-ring (bicyclic) bond motifs is 2. The highest BCUT2D eigenvalue weighted by atomic mass is 15.3. The lowest BCUT2D eigenvalue weighted by atomic mass is 10.2. The number of aromatic nitrogens is 3. The van der Waals surface area contributed by atoms with Gasteiger partial charge in [-0.05, 0) is 16.5 Å². The molecular formula is C11H9N3. The van der Waals surface area contributed by atoms with Crippen LogP contribution in [-0.4, -0.2) is 14.8 Å². The van der Waals surface area contributed by atoms with Gasteiger partial charge in [0.25, 0.3) is 0 Å². The van der Waals surface area contributed by atoms with Crippen molar-refractivity contribution in [2.75, 3.05) is 0 Å². The molecule has 0 aliphatic carbocycles. The second kappa shape index (κ2) is 2.80. The van der Waals surface area contributed by atoms with Crippen molar-refractivity contribution in [1.82, 2.24) is 14.8 Å². The molecule has 0 spiro atoms. The molecule has 0 amide bonds. The molecule has 0 unspecified atom stereocenters. The first-order valence-electron chi connectivity index (χ1n) is 4.58. The summed E-state index contributed by atoms with van der Waals surface area (Å²) in [5.41, 5.74) is 0. The van der Waals surface area contributed by atoms with Crippen LogP contribution in [0.3, 0.4) is 0 Å². The maximum absolute atomic E-state index is 4.19. The Morgan fingerprint density at radius 1 is 1.14 bits per heavy atom. The number of rotatable bonds is 0. The van der Waals surface area contributed by atoms with Crippen molar-refractivity contribution < 1.29 is 0 Å². The highest BCUT2D eigenvalue weighted by molar-refractivity contribution is 5.45. The van der Waals surface area contributed by atoms with E-state index < -0.39 is 0 Å². The maximum Gasteiger partial charge on any atom is 0.151 e. The highest BCUT2D eigenvalue weighted by Gasteiger charge is 2.01. The van der Waals surface area contributed by atoms with Gasteiger partial charge in [0.1, 0.15) is 6.33 Å². The molecule has 3 rings (SSSR count). The molecule has 0 saturated carbocycles. The van der Waals surface area contributed by atoms with E-state index in [-0.39, 0.29) is 0 Å². The van der Waals surface area contributed by atoms with Crippen molar-refractivity contribution in [2.24, 2.45) is 0 Å². The van der Waals surface area contributed by atoms with Gasteiger partial charge in [-0.1, -0.05) is 30.3 Å². The first kappa shape index (κ1) is 7.50. The topological polar surface area (TPSA) is 30.7 Å². The molecule has 1 aromatic carbocycles. The molecule has 1 aliphatic rings. The van der Waals surface area contributed by atoms with Crippen LogP contribution in [0.4, 0.5) is 0 Å². The standard InChI is InChI=1S/C11H9N3/c1-2-4-10-7-11-12-8-13-14(11)6-5-9(10)3-1/h1-5,7-8H,6H2. The Bertz CT molecular complexity index is 581. The lowest BCUT2D eigenvalue weighted by Crippen LogP contribution is -2.22. The van der Waals surface area contributed by atoms with E-state index >= 15 is 0 Å². The normalized spacial score (nSPS) is 13.1. The fourth-order valence-electron chi connectivity index (χ4n) is 1.68. The van der Waals surface area contributed by atoms with E-state index in [0.29, 0.717) is 0 Å². The van der Waals surface area contributed by atoms with Gasteiger partial charge in [-0.25, -0.2) is 9.67 Å². The Morgan fingerprint density at radius 2 is 2.00 bits per heavy atom. The Hall–Kier alpha value is -1.90. The summed E-state index contributed by atoms with van der Waals surface area (Å²) in [4.78, 5) is 4.19. The predicted molar refractivity (Wildman–Crippen MR) is 53.7 cm³/mol. The molecule has 0 saturated heterocycles. The fourth-order valence-corrected chi connectivity index (χ4v) is 1.68. The molecular weight excluding hydrogens is 174 g/mol. The largest absolute Gasteiger partial charge is 0.242 e. The first-order valence-corrected chi connectivity index (χ1v) is 4.58. The quantitative estimate of drug-likeness (QED) is 0.571. The zero-order valence-corrected chi connectivity index (χ0v) is 7.59. The minimum absolute atomic E-state index is 0.794. The van der Waals surface area contributed by atoms with Crippen molar-refractivity contribution in [3.63, 3.8) is 0 Å². The van der Waals surface area contributed by atoms with Gasteiger partial charge in [0.15, 0.2) is 5.82 Å². The van der Waals surface area contributed by atoms with E-state index in [4.69, 9.17) is 0 Å². The summed E-state index contributed by atoms with van der Waals surface area (Å²) in [5.74, 6) is 0.922. The number of nitrogens with zero attached hydrogens (tertiary/aromatic N) is 3. The highest BCUT2D eigenvalue weighted by Crippen LogP contribution is 1.96. The monoisotopic (exact) mass is 183 g/mol. The molecule has 2 heterocycles. The molecule has 0 atom stereocenters. The van der Waals surface area contributed by atoms with E-state index in [1.807, 2.05) is 16.8 Å². The second-order valence-electron chi connectivity index (χ2n) is 3.28. The zero-order chi connectivity index (χ0) is 9.38. The van der Waals surface area contributed by atoms with E-state index in [1.54, 1.807) is 6.33 Å². The minimum atomic E-state index is 0.794. The van der Waals surface area contributed by atoms with Crippen LogP contribution in [0.1, 0.15) is 5.82 Å². The Balaban J connectivity index is 2.38. The van der Waals surface area contributed by atoms with Crippen molar-refractivity contribution in [3.8, 4) is 0 Å². The fraction of sp³-hybridized carbons (Fsp3) is 0.0909. The maximum atomic E-state index is 4.19. The Labute approximate surface area is 81.0 Å². The number of benzene rings is 1. The molecule has 3 heteroatoms. The Morgan fingerprint density at radius 3 is 2.93 bits per heavy atom. The summed E-state index contributed by atoms with van der Waals surface area (Å²) in [6.07, 6.45) is 5.82. The molecule has 0 fully saturated rings. The van der Waals surface area contributed by atoms with Crippen LogP contribution >= 0.6 is 0 Å². The average Bonchev–Trinajstić information content (AvgIpc) is 2.58. The van der Waals surface area contributed by atoms with E-state index in [0.717, 1.165) is 12.4 Å². The van der Waals surface area contributed by atoms with Gasteiger partial charge in [0, 0.05) is 0 Å². The molecule has 3 nitrogen and oxygen atoms in total. The van der Waals surface area contributed by atoms with E-state index in [2.05, 4.69) is 34.4 Å².